The average molecular weight is 92.5 g/mol. The second kappa shape index (κ2) is 4.25. The first-order valence-corrected chi connectivity index (χ1v) is 2.04. The summed E-state index contributed by atoms with van der Waals surface area (Å²) in [7, 11) is 0. The molecule has 0 aromatic heterocycles. The fourth-order valence-electron chi connectivity index (χ4n) is 0.0630. The molecule has 0 aliphatic rings. The van der Waals surface area contributed by atoms with Crippen LogP contribution in [-0.2, 0) is 0 Å². The zero-order valence-corrected chi connectivity index (χ0v) is 3.70. The molecule has 0 saturated carbocycles. The number of alkyl halides is 1. The maximum atomic E-state index is 5.19. The predicted molar refractivity (Wildman–Crippen MR) is 23.8 cm³/mol. The quantitative estimate of drug-likeness (QED) is 0.500. The van der Waals surface area contributed by atoms with Crippen molar-refractivity contribution in [3.8, 4) is 0 Å². The molecule has 1 nitrogen and oxygen atoms in total. The van der Waals surface area contributed by atoms with E-state index in [-0.39, 0.29) is 0 Å². The minimum atomic E-state index is 0.635. The van der Waals surface area contributed by atoms with Gasteiger partial charge >= 0.3 is 0 Å². The smallest absolute Gasteiger partial charge is 0.0238 e. The molecule has 0 aliphatic heterocycles. The summed E-state index contributed by atoms with van der Waals surface area (Å²) in [6.07, 6.45) is 0.807. The Labute approximate surface area is 37.1 Å². The standard InChI is InChI=1S/C3H7ClN/c4-2-1-3-5/h3H,1-2,5H2. The lowest BCUT2D eigenvalue weighted by Crippen LogP contribution is -1.88. The normalized spacial score (nSPS) is 8.40. The molecule has 0 bridgehead atoms. The molecular formula is C3H7ClN. The number of halogens is 1. The molecule has 31 valence electrons. The molecule has 0 saturated heterocycles. The molecule has 0 unspecified atom stereocenters. The maximum absolute atomic E-state index is 5.19. The van der Waals surface area contributed by atoms with E-state index in [4.69, 9.17) is 17.3 Å². The van der Waals surface area contributed by atoms with Crippen LogP contribution in [-0.4, -0.2) is 5.88 Å². The highest BCUT2D eigenvalue weighted by Gasteiger charge is 1.70. The highest BCUT2D eigenvalue weighted by Crippen LogP contribution is 1.80. The van der Waals surface area contributed by atoms with Gasteiger partial charge < -0.3 is 5.73 Å². The van der Waals surface area contributed by atoms with Crippen LogP contribution in [0, 0.1) is 6.54 Å². The van der Waals surface area contributed by atoms with Crippen LogP contribution < -0.4 is 5.73 Å². The predicted octanol–water partition coefficient (Wildman–Crippen LogP) is 0.736. The van der Waals surface area contributed by atoms with Crippen LogP contribution in [0.5, 0.6) is 0 Å². The summed E-state index contributed by atoms with van der Waals surface area (Å²) < 4.78 is 0. The minimum absolute atomic E-state index is 0.635. The van der Waals surface area contributed by atoms with Crippen LogP contribution in [0.4, 0.5) is 0 Å². The van der Waals surface area contributed by atoms with Gasteiger partial charge in [0.2, 0.25) is 0 Å². The van der Waals surface area contributed by atoms with Gasteiger partial charge in [0, 0.05) is 12.4 Å². The fraction of sp³-hybridized carbons (Fsp3) is 0.667. The Morgan fingerprint density at radius 1 is 1.80 bits per heavy atom. The number of nitrogens with two attached hydrogens (primary N) is 1. The van der Waals surface area contributed by atoms with Crippen molar-refractivity contribution in [1.29, 1.82) is 0 Å². The zero-order valence-electron chi connectivity index (χ0n) is 2.95. The topological polar surface area (TPSA) is 26.0 Å². The lowest BCUT2D eigenvalue weighted by atomic mass is 10.5. The van der Waals surface area contributed by atoms with E-state index in [1.54, 1.807) is 6.54 Å². The molecule has 0 aromatic rings. The largest absolute Gasteiger partial charge is 0.326 e. The van der Waals surface area contributed by atoms with E-state index in [2.05, 4.69) is 0 Å². The lowest BCUT2D eigenvalue weighted by Gasteiger charge is -1.77. The fourth-order valence-corrected chi connectivity index (χ4v) is 0.189. The van der Waals surface area contributed by atoms with Gasteiger partial charge in [-0.2, -0.15) is 0 Å². The van der Waals surface area contributed by atoms with Gasteiger partial charge in [0.05, 0.1) is 0 Å². The van der Waals surface area contributed by atoms with Gasteiger partial charge in [-0.15, -0.1) is 11.6 Å². The van der Waals surface area contributed by atoms with E-state index >= 15 is 0 Å². The maximum Gasteiger partial charge on any atom is 0.0238 e. The molecule has 0 atom stereocenters. The molecule has 1 radical (unpaired) electrons. The molecule has 0 amide bonds. The van der Waals surface area contributed by atoms with E-state index in [9.17, 15) is 0 Å². The Bertz CT molecular complexity index is 14.4. The highest BCUT2D eigenvalue weighted by molar-refractivity contribution is 6.17. The van der Waals surface area contributed by atoms with Crippen LogP contribution >= 0.6 is 11.6 Å². The number of hydrogen-bond donors (Lipinski definition) is 1. The molecule has 0 aromatic carbocycles. The van der Waals surface area contributed by atoms with Crippen LogP contribution in [0.2, 0.25) is 0 Å². The number of hydrogen-bond acceptors (Lipinski definition) is 1. The Morgan fingerprint density at radius 2 is 2.40 bits per heavy atom. The third-order valence-corrected chi connectivity index (χ3v) is 0.494. The molecule has 0 rings (SSSR count). The zero-order chi connectivity index (χ0) is 4.12. The van der Waals surface area contributed by atoms with Gasteiger partial charge in [-0.05, 0) is 6.42 Å². The summed E-state index contributed by atoms with van der Waals surface area (Å²) in [6, 6.07) is 0. The summed E-state index contributed by atoms with van der Waals surface area (Å²) in [6.45, 7) is 1.55. The monoisotopic (exact) mass is 92.0 g/mol. The van der Waals surface area contributed by atoms with Crippen molar-refractivity contribution in [2.24, 2.45) is 5.73 Å². The van der Waals surface area contributed by atoms with E-state index in [1.165, 1.54) is 0 Å². The number of rotatable bonds is 2. The summed E-state index contributed by atoms with van der Waals surface area (Å²) in [5, 5.41) is 0. The summed E-state index contributed by atoms with van der Waals surface area (Å²) in [5.74, 6) is 0.635. The molecular weight excluding hydrogens is 85.5 g/mol. The molecule has 0 aliphatic carbocycles. The van der Waals surface area contributed by atoms with E-state index in [0.29, 0.717) is 5.88 Å². The first-order chi connectivity index (χ1) is 2.41. The van der Waals surface area contributed by atoms with Crippen LogP contribution in [0.1, 0.15) is 6.42 Å². The van der Waals surface area contributed by atoms with Crippen molar-refractivity contribution in [2.45, 2.75) is 6.42 Å². The third-order valence-electron chi connectivity index (χ3n) is 0.276. The van der Waals surface area contributed by atoms with E-state index in [1.807, 2.05) is 0 Å². The third kappa shape index (κ3) is 4.25. The molecule has 2 N–H and O–H groups in total. The van der Waals surface area contributed by atoms with Gasteiger partial charge in [0.25, 0.3) is 0 Å². The molecule has 0 spiro atoms. The van der Waals surface area contributed by atoms with Gasteiger partial charge in [-0.25, -0.2) is 0 Å². The Morgan fingerprint density at radius 3 is 2.40 bits per heavy atom. The van der Waals surface area contributed by atoms with Crippen LogP contribution in [0.15, 0.2) is 0 Å². The molecule has 5 heavy (non-hydrogen) atoms. The van der Waals surface area contributed by atoms with Crippen LogP contribution in [0.3, 0.4) is 0 Å². The van der Waals surface area contributed by atoms with Crippen molar-refractivity contribution in [2.75, 3.05) is 5.88 Å². The summed E-state index contributed by atoms with van der Waals surface area (Å²) in [4.78, 5) is 0. The first kappa shape index (κ1) is 5.25. The van der Waals surface area contributed by atoms with Crippen molar-refractivity contribution < 1.29 is 0 Å². The molecule has 2 heteroatoms. The van der Waals surface area contributed by atoms with Gasteiger partial charge in [0.15, 0.2) is 0 Å². The Kier molecular flexibility index (Phi) is 4.46. The van der Waals surface area contributed by atoms with Gasteiger partial charge in [-0.1, -0.05) is 0 Å². The average Bonchev–Trinajstić information content (AvgIpc) is 1.41. The summed E-state index contributed by atoms with van der Waals surface area (Å²) >= 11 is 5.19. The van der Waals surface area contributed by atoms with Crippen molar-refractivity contribution in [3.05, 3.63) is 6.54 Å². The van der Waals surface area contributed by atoms with Crippen molar-refractivity contribution >= 4 is 11.6 Å². The SMILES string of the molecule is N[CH]CCCl. The Balaban J connectivity index is 2.19. The summed E-state index contributed by atoms with van der Waals surface area (Å²) in [5.41, 5.74) is 4.93. The lowest BCUT2D eigenvalue weighted by molar-refractivity contribution is 1.07. The van der Waals surface area contributed by atoms with E-state index in [0.717, 1.165) is 6.42 Å². The minimum Gasteiger partial charge on any atom is -0.326 e. The van der Waals surface area contributed by atoms with Gasteiger partial charge in [-0.3, -0.25) is 0 Å². The second-order valence-electron chi connectivity index (χ2n) is 0.713. The Hall–Kier alpha value is 0.250. The highest BCUT2D eigenvalue weighted by atomic mass is 35.5. The van der Waals surface area contributed by atoms with E-state index < -0.39 is 0 Å². The van der Waals surface area contributed by atoms with Crippen molar-refractivity contribution in [1.82, 2.24) is 0 Å². The van der Waals surface area contributed by atoms with Crippen molar-refractivity contribution in [3.63, 3.8) is 0 Å². The van der Waals surface area contributed by atoms with Crippen LogP contribution in [0.25, 0.3) is 0 Å². The molecule has 0 heterocycles. The second-order valence-corrected chi connectivity index (χ2v) is 1.09. The first-order valence-electron chi connectivity index (χ1n) is 1.51. The van der Waals surface area contributed by atoms with Gasteiger partial charge in [0.1, 0.15) is 0 Å². The molecule has 0 fully saturated rings.